The minimum Gasteiger partial charge on any atom is -0.508 e. The van der Waals surface area contributed by atoms with Gasteiger partial charge < -0.3 is 15.9 Å². The van der Waals surface area contributed by atoms with Gasteiger partial charge in [0.2, 0.25) is 0 Å². The summed E-state index contributed by atoms with van der Waals surface area (Å²) in [7, 11) is 0. The van der Waals surface area contributed by atoms with Gasteiger partial charge in [0.1, 0.15) is 11.5 Å². The van der Waals surface area contributed by atoms with Gasteiger partial charge in [-0.3, -0.25) is 4.98 Å². The van der Waals surface area contributed by atoms with Crippen LogP contribution in [0.3, 0.4) is 0 Å². The Morgan fingerprint density at radius 2 is 1.68 bits per heavy atom. The summed E-state index contributed by atoms with van der Waals surface area (Å²) >= 11 is 0. The lowest BCUT2D eigenvalue weighted by Gasteiger charge is -2.11. The largest absolute Gasteiger partial charge is 0.508 e. The topological polar surface area (TPSA) is 79.4 Å². The lowest BCUT2D eigenvalue weighted by Crippen LogP contribution is -1.97. The highest BCUT2D eigenvalue weighted by molar-refractivity contribution is 5.81. The molecule has 4 N–H and O–H groups in total. The minimum absolute atomic E-state index is 0.170. The van der Waals surface area contributed by atoms with Crippen molar-refractivity contribution in [3.8, 4) is 33.9 Å². The quantitative estimate of drug-likeness (QED) is 0.692. The number of pyridine rings is 1. The third kappa shape index (κ3) is 2.77. The van der Waals surface area contributed by atoms with Crippen LogP contribution in [0, 0.1) is 0 Å². The second-order valence-corrected chi connectivity index (χ2v) is 5.04. The lowest BCUT2D eigenvalue weighted by molar-refractivity contribution is 0.474. The highest BCUT2D eigenvalue weighted by Crippen LogP contribution is 2.33. The lowest BCUT2D eigenvalue weighted by atomic mass is 9.97. The van der Waals surface area contributed by atoms with Crippen molar-refractivity contribution in [3.63, 3.8) is 0 Å². The SMILES string of the molecule is NCc1cc(O)cc(-c2cccnc2-c2cccc(O)c2)c1. The van der Waals surface area contributed by atoms with E-state index in [-0.39, 0.29) is 11.5 Å². The molecule has 110 valence electrons. The van der Waals surface area contributed by atoms with E-state index >= 15 is 0 Å². The molecule has 0 spiro atoms. The maximum absolute atomic E-state index is 9.88. The first-order valence-corrected chi connectivity index (χ1v) is 6.95. The fourth-order valence-corrected chi connectivity index (χ4v) is 2.47. The Balaban J connectivity index is 2.18. The first kappa shape index (κ1) is 14.1. The summed E-state index contributed by atoms with van der Waals surface area (Å²) in [5, 5.41) is 19.6. The van der Waals surface area contributed by atoms with Crippen LogP contribution in [0.2, 0.25) is 0 Å². The molecule has 4 nitrogen and oxygen atoms in total. The third-order valence-corrected chi connectivity index (χ3v) is 3.45. The zero-order valence-electron chi connectivity index (χ0n) is 11.9. The van der Waals surface area contributed by atoms with Crippen molar-refractivity contribution in [3.05, 3.63) is 66.4 Å². The van der Waals surface area contributed by atoms with Crippen LogP contribution >= 0.6 is 0 Å². The third-order valence-electron chi connectivity index (χ3n) is 3.45. The number of hydrogen-bond acceptors (Lipinski definition) is 4. The molecular weight excluding hydrogens is 276 g/mol. The zero-order valence-corrected chi connectivity index (χ0v) is 11.9. The molecule has 0 radical (unpaired) electrons. The molecule has 0 aliphatic rings. The van der Waals surface area contributed by atoms with Gasteiger partial charge in [0.25, 0.3) is 0 Å². The standard InChI is InChI=1S/C18H16N2O2/c19-11-12-7-14(10-16(22)8-12)17-5-2-6-20-18(17)13-3-1-4-15(21)9-13/h1-10,21-22H,11,19H2. The Kier molecular flexibility index (Phi) is 3.76. The Bertz CT molecular complexity index is 816. The van der Waals surface area contributed by atoms with Gasteiger partial charge in [-0.15, -0.1) is 0 Å². The molecule has 0 unspecified atom stereocenters. The van der Waals surface area contributed by atoms with Gasteiger partial charge in [-0.1, -0.05) is 18.2 Å². The van der Waals surface area contributed by atoms with Crippen LogP contribution in [0.25, 0.3) is 22.4 Å². The van der Waals surface area contributed by atoms with Crippen molar-refractivity contribution < 1.29 is 10.2 Å². The van der Waals surface area contributed by atoms with Crippen molar-refractivity contribution >= 4 is 0 Å². The van der Waals surface area contributed by atoms with Gasteiger partial charge in [0.05, 0.1) is 5.69 Å². The van der Waals surface area contributed by atoms with Crippen molar-refractivity contribution in [1.29, 1.82) is 0 Å². The molecule has 3 aromatic rings. The predicted molar refractivity (Wildman–Crippen MR) is 86.3 cm³/mol. The van der Waals surface area contributed by atoms with E-state index in [4.69, 9.17) is 5.73 Å². The molecule has 0 aliphatic carbocycles. The molecule has 0 fully saturated rings. The molecule has 4 heteroatoms. The molecule has 1 heterocycles. The molecule has 3 rings (SSSR count). The Labute approximate surface area is 128 Å². The van der Waals surface area contributed by atoms with E-state index in [1.807, 2.05) is 24.3 Å². The van der Waals surface area contributed by atoms with Gasteiger partial charge in [-0.25, -0.2) is 0 Å². The van der Waals surface area contributed by atoms with Gasteiger partial charge in [-0.05, 0) is 47.5 Å². The van der Waals surface area contributed by atoms with Crippen molar-refractivity contribution in [2.75, 3.05) is 0 Å². The highest BCUT2D eigenvalue weighted by atomic mass is 16.3. The number of aromatic nitrogens is 1. The molecule has 0 amide bonds. The molecule has 0 saturated carbocycles. The maximum Gasteiger partial charge on any atom is 0.116 e. The van der Waals surface area contributed by atoms with Crippen LogP contribution in [-0.4, -0.2) is 15.2 Å². The molecule has 0 atom stereocenters. The highest BCUT2D eigenvalue weighted by Gasteiger charge is 2.10. The van der Waals surface area contributed by atoms with E-state index in [0.717, 1.165) is 27.9 Å². The number of nitrogens with two attached hydrogens (primary N) is 1. The van der Waals surface area contributed by atoms with Crippen LogP contribution in [-0.2, 0) is 6.54 Å². The van der Waals surface area contributed by atoms with Gasteiger partial charge in [-0.2, -0.15) is 0 Å². The van der Waals surface area contributed by atoms with Gasteiger partial charge in [0, 0.05) is 23.9 Å². The summed E-state index contributed by atoms with van der Waals surface area (Å²) in [6.07, 6.45) is 1.70. The van der Waals surface area contributed by atoms with Crippen LogP contribution in [0.4, 0.5) is 0 Å². The number of aromatic hydroxyl groups is 2. The molecule has 2 aromatic carbocycles. The van der Waals surface area contributed by atoms with E-state index in [2.05, 4.69) is 4.98 Å². The summed E-state index contributed by atoms with van der Waals surface area (Å²) in [6.45, 7) is 0.350. The van der Waals surface area contributed by atoms with Gasteiger partial charge in [0.15, 0.2) is 0 Å². The number of hydrogen-bond donors (Lipinski definition) is 3. The number of benzene rings is 2. The van der Waals surface area contributed by atoms with Crippen molar-refractivity contribution in [1.82, 2.24) is 4.98 Å². The second kappa shape index (κ2) is 5.87. The first-order chi connectivity index (χ1) is 10.7. The fraction of sp³-hybridized carbons (Fsp3) is 0.0556. The monoisotopic (exact) mass is 292 g/mol. The minimum atomic E-state index is 0.170. The number of phenols is 2. The van der Waals surface area contributed by atoms with Gasteiger partial charge >= 0.3 is 0 Å². The van der Waals surface area contributed by atoms with E-state index in [0.29, 0.717) is 6.54 Å². The molecule has 0 bridgehead atoms. The average molecular weight is 292 g/mol. The van der Waals surface area contributed by atoms with Crippen LogP contribution < -0.4 is 5.73 Å². The normalized spacial score (nSPS) is 10.6. The van der Waals surface area contributed by atoms with E-state index in [9.17, 15) is 10.2 Å². The molecule has 22 heavy (non-hydrogen) atoms. The smallest absolute Gasteiger partial charge is 0.116 e. The molecule has 0 saturated heterocycles. The first-order valence-electron chi connectivity index (χ1n) is 6.95. The molecule has 1 aromatic heterocycles. The van der Waals surface area contributed by atoms with Crippen LogP contribution in [0.5, 0.6) is 11.5 Å². The second-order valence-electron chi connectivity index (χ2n) is 5.04. The van der Waals surface area contributed by atoms with Crippen LogP contribution in [0.1, 0.15) is 5.56 Å². The molecule has 0 aliphatic heterocycles. The van der Waals surface area contributed by atoms with E-state index in [1.54, 1.807) is 36.5 Å². The fourth-order valence-electron chi connectivity index (χ4n) is 2.47. The van der Waals surface area contributed by atoms with E-state index < -0.39 is 0 Å². The van der Waals surface area contributed by atoms with Crippen molar-refractivity contribution in [2.24, 2.45) is 5.73 Å². The molecular formula is C18H16N2O2. The maximum atomic E-state index is 9.88. The summed E-state index contributed by atoms with van der Waals surface area (Å²) in [5.41, 5.74) is 9.79. The Morgan fingerprint density at radius 1 is 0.864 bits per heavy atom. The Morgan fingerprint density at radius 3 is 2.45 bits per heavy atom. The average Bonchev–Trinajstić information content (AvgIpc) is 2.54. The summed E-state index contributed by atoms with van der Waals surface area (Å²) < 4.78 is 0. The Hall–Kier alpha value is -2.85. The summed E-state index contributed by atoms with van der Waals surface area (Å²) in [4.78, 5) is 4.43. The van der Waals surface area contributed by atoms with Crippen molar-refractivity contribution in [2.45, 2.75) is 6.54 Å². The number of rotatable bonds is 3. The summed E-state index contributed by atoms with van der Waals surface area (Å²) in [5.74, 6) is 0.358. The van der Waals surface area contributed by atoms with Crippen LogP contribution in [0.15, 0.2) is 60.8 Å². The zero-order chi connectivity index (χ0) is 15.5. The predicted octanol–water partition coefficient (Wildman–Crippen LogP) is 3.29. The number of phenolic OH excluding ortho intramolecular Hbond substituents is 2. The summed E-state index contributed by atoms with van der Waals surface area (Å²) in [6, 6.07) is 16.0. The van der Waals surface area contributed by atoms with E-state index in [1.165, 1.54) is 0 Å². The number of nitrogens with zero attached hydrogens (tertiary/aromatic N) is 1.